The zero-order valence-corrected chi connectivity index (χ0v) is 22.3. The number of pyridine rings is 1. The van der Waals surface area contributed by atoms with Crippen LogP contribution in [0.3, 0.4) is 0 Å². The number of aliphatic hydroxyl groups is 1. The van der Waals surface area contributed by atoms with Gasteiger partial charge in [0.05, 0.1) is 20.6 Å². The molecule has 1 N–H and O–H groups in total. The van der Waals surface area contributed by atoms with E-state index in [0.29, 0.717) is 38.1 Å². The summed E-state index contributed by atoms with van der Waals surface area (Å²) < 4.78 is 0. The second kappa shape index (κ2) is 11.2. The third-order valence-corrected chi connectivity index (χ3v) is 8.90. The van der Waals surface area contributed by atoms with Crippen molar-refractivity contribution in [3.8, 4) is 0 Å². The molecule has 2 aromatic carbocycles. The average Bonchev–Trinajstić information content (AvgIpc) is 2.91. The van der Waals surface area contributed by atoms with Gasteiger partial charge in [0.15, 0.2) is 0 Å². The zero-order valence-electron chi connectivity index (χ0n) is 20.0. The molecule has 2 atom stereocenters. The normalized spacial score (nSPS) is 21.7. The predicted octanol–water partition coefficient (Wildman–Crippen LogP) is 5.97. The number of benzene rings is 2. The van der Waals surface area contributed by atoms with E-state index in [-0.39, 0.29) is 18.4 Å². The van der Waals surface area contributed by atoms with Gasteiger partial charge < -0.3 is 10.0 Å². The molecule has 0 bridgehead atoms. The largest absolute Gasteiger partial charge is 0.396 e. The highest BCUT2D eigenvalue weighted by Gasteiger charge is 2.34. The van der Waals surface area contributed by atoms with E-state index in [0.717, 1.165) is 62.8 Å². The molecule has 2 aliphatic rings. The van der Waals surface area contributed by atoms with E-state index >= 15 is 0 Å². The molecular formula is C28H30Cl3N3O2. The van der Waals surface area contributed by atoms with Crippen molar-refractivity contribution in [2.75, 3.05) is 32.8 Å². The summed E-state index contributed by atoms with van der Waals surface area (Å²) in [4.78, 5) is 22.2. The van der Waals surface area contributed by atoms with E-state index in [4.69, 9.17) is 34.8 Å². The summed E-state index contributed by atoms with van der Waals surface area (Å²) in [7, 11) is 0. The number of aliphatic hydroxyl groups excluding tert-OH is 1. The second-order valence-corrected chi connectivity index (χ2v) is 11.2. The van der Waals surface area contributed by atoms with Crippen LogP contribution in [0.1, 0.15) is 35.2 Å². The first-order valence-electron chi connectivity index (χ1n) is 12.6. The highest BCUT2D eigenvalue weighted by atomic mass is 35.5. The lowest BCUT2D eigenvalue weighted by molar-refractivity contribution is 0.0242. The minimum atomic E-state index is 0.0386. The first kappa shape index (κ1) is 25.7. The number of hydrogen-bond acceptors (Lipinski definition) is 4. The Morgan fingerprint density at radius 2 is 1.72 bits per heavy atom. The number of fused-ring (bicyclic) bond motifs is 1. The molecule has 36 heavy (non-hydrogen) atoms. The van der Waals surface area contributed by atoms with Gasteiger partial charge >= 0.3 is 0 Å². The van der Waals surface area contributed by atoms with Crippen LogP contribution in [0.25, 0.3) is 10.9 Å². The van der Waals surface area contributed by atoms with Gasteiger partial charge in [0.1, 0.15) is 0 Å². The van der Waals surface area contributed by atoms with Crippen LogP contribution in [0.5, 0.6) is 0 Å². The van der Waals surface area contributed by atoms with Crippen LogP contribution in [0.2, 0.25) is 15.1 Å². The maximum Gasteiger partial charge on any atom is 0.254 e. The van der Waals surface area contributed by atoms with E-state index in [1.54, 1.807) is 12.3 Å². The van der Waals surface area contributed by atoms with Gasteiger partial charge in [0, 0.05) is 49.4 Å². The summed E-state index contributed by atoms with van der Waals surface area (Å²) in [5.74, 6) is 0.675. The first-order valence-corrected chi connectivity index (χ1v) is 13.7. The van der Waals surface area contributed by atoms with Gasteiger partial charge in [-0.2, -0.15) is 0 Å². The Bertz CT molecular complexity index is 1250. The van der Waals surface area contributed by atoms with Crippen molar-refractivity contribution < 1.29 is 9.90 Å². The van der Waals surface area contributed by atoms with E-state index in [2.05, 4.69) is 9.88 Å². The Morgan fingerprint density at radius 1 is 0.944 bits per heavy atom. The molecule has 3 aromatic rings. The Hall–Kier alpha value is -1.89. The molecule has 5 rings (SSSR count). The molecule has 5 nitrogen and oxygen atoms in total. The monoisotopic (exact) mass is 545 g/mol. The summed E-state index contributed by atoms with van der Waals surface area (Å²) >= 11 is 18.6. The summed E-state index contributed by atoms with van der Waals surface area (Å²) in [5.41, 5.74) is 2.49. The molecule has 8 heteroatoms. The lowest BCUT2D eigenvalue weighted by Gasteiger charge is -2.44. The van der Waals surface area contributed by atoms with E-state index in [1.165, 1.54) is 0 Å². The molecule has 0 radical (unpaired) electrons. The van der Waals surface area contributed by atoms with Crippen molar-refractivity contribution in [1.29, 1.82) is 0 Å². The van der Waals surface area contributed by atoms with Crippen molar-refractivity contribution in [3.63, 3.8) is 0 Å². The molecule has 1 unspecified atom stereocenters. The maximum atomic E-state index is 13.4. The average molecular weight is 547 g/mol. The summed E-state index contributed by atoms with van der Waals surface area (Å²) in [6.45, 7) is 3.52. The lowest BCUT2D eigenvalue weighted by atomic mass is 9.80. The number of carbonyl (C=O) groups excluding carboxylic acids is 1. The lowest BCUT2D eigenvalue weighted by Crippen LogP contribution is -2.52. The highest BCUT2D eigenvalue weighted by molar-refractivity contribution is 6.42. The van der Waals surface area contributed by atoms with Gasteiger partial charge in [0.25, 0.3) is 5.91 Å². The van der Waals surface area contributed by atoms with Gasteiger partial charge in [-0.1, -0.05) is 46.9 Å². The number of aromatic nitrogens is 1. The Kier molecular flexibility index (Phi) is 8.04. The number of hydrogen-bond donors (Lipinski definition) is 1. The number of rotatable bonds is 5. The van der Waals surface area contributed by atoms with Crippen molar-refractivity contribution in [3.05, 3.63) is 74.9 Å². The quantitative estimate of drug-likeness (QED) is 0.428. The van der Waals surface area contributed by atoms with E-state index in [1.807, 2.05) is 41.3 Å². The smallest absolute Gasteiger partial charge is 0.254 e. The third kappa shape index (κ3) is 5.36. The highest BCUT2D eigenvalue weighted by Crippen LogP contribution is 2.33. The maximum absolute atomic E-state index is 13.4. The number of likely N-dealkylation sites (tertiary alicyclic amines) is 2. The number of halogens is 3. The van der Waals surface area contributed by atoms with Gasteiger partial charge in [-0.3, -0.25) is 14.7 Å². The molecule has 0 aliphatic carbocycles. The molecule has 1 amide bonds. The Labute approximate surface area is 227 Å². The predicted molar refractivity (Wildman–Crippen MR) is 146 cm³/mol. The first-order chi connectivity index (χ1) is 17.4. The number of carbonyl (C=O) groups is 1. The third-order valence-electron chi connectivity index (χ3n) is 7.86. The number of amides is 1. The van der Waals surface area contributed by atoms with Crippen LogP contribution < -0.4 is 0 Å². The van der Waals surface area contributed by atoms with Crippen LogP contribution in [0.4, 0.5) is 0 Å². The van der Waals surface area contributed by atoms with Gasteiger partial charge in [-0.05, 0) is 80.0 Å². The van der Waals surface area contributed by atoms with Crippen LogP contribution in [0, 0.1) is 11.8 Å². The SMILES string of the molecule is O=C(c1ccc(Cl)c2ncccc12)N1CCC(N2CCC(Cc3ccc(Cl)c(Cl)c3)[C@H](CO)C2)CC1. The number of piperidine rings is 2. The summed E-state index contributed by atoms with van der Waals surface area (Å²) in [6.07, 6.45) is 5.50. The van der Waals surface area contributed by atoms with Crippen molar-refractivity contribution in [1.82, 2.24) is 14.8 Å². The van der Waals surface area contributed by atoms with E-state index in [9.17, 15) is 9.90 Å². The van der Waals surface area contributed by atoms with Gasteiger partial charge in [-0.15, -0.1) is 0 Å². The van der Waals surface area contributed by atoms with Crippen LogP contribution in [-0.2, 0) is 6.42 Å². The second-order valence-electron chi connectivity index (χ2n) is 9.96. The van der Waals surface area contributed by atoms with Crippen molar-refractivity contribution >= 4 is 51.6 Å². The topological polar surface area (TPSA) is 56.7 Å². The molecule has 2 aliphatic heterocycles. The Balaban J connectivity index is 1.19. The van der Waals surface area contributed by atoms with E-state index < -0.39 is 0 Å². The fourth-order valence-corrected chi connectivity index (χ4v) is 6.35. The van der Waals surface area contributed by atoms with Crippen molar-refractivity contribution in [2.24, 2.45) is 11.8 Å². The molecule has 3 heterocycles. The summed E-state index contributed by atoms with van der Waals surface area (Å²) in [6, 6.07) is 13.6. The van der Waals surface area contributed by atoms with Crippen molar-refractivity contribution in [2.45, 2.75) is 31.7 Å². The molecule has 0 spiro atoms. The molecule has 2 fully saturated rings. The minimum absolute atomic E-state index is 0.0386. The molecule has 190 valence electrons. The zero-order chi connectivity index (χ0) is 25.2. The molecule has 0 saturated carbocycles. The van der Waals surface area contributed by atoms with Crippen LogP contribution >= 0.6 is 34.8 Å². The number of nitrogens with zero attached hydrogens (tertiary/aromatic N) is 3. The minimum Gasteiger partial charge on any atom is -0.396 e. The van der Waals surface area contributed by atoms with Gasteiger partial charge in [-0.25, -0.2) is 0 Å². The molecule has 2 saturated heterocycles. The van der Waals surface area contributed by atoms with Gasteiger partial charge in [0.2, 0.25) is 0 Å². The Morgan fingerprint density at radius 3 is 2.47 bits per heavy atom. The fourth-order valence-electron chi connectivity index (χ4n) is 5.81. The van der Waals surface area contributed by atoms with Crippen LogP contribution in [0.15, 0.2) is 48.7 Å². The van der Waals surface area contributed by atoms with Crippen LogP contribution in [-0.4, -0.2) is 64.6 Å². The fraction of sp³-hybridized carbons (Fsp3) is 0.429. The molecular weight excluding hydrogens is 517 g/mol. The molecule has 1 aromatic heterocycles. The standard InChI is InChI=1S/C28H30Cl3N3O2/c29-24-5-3-18(15-26(24)31)14-19-7-11-34(16-20(19)17-35)21-8-12-33(13-9-21)28(36)23-4-6-25(30)27-22(23)2-1-10-32-27/h1-6,10,15,19-21,35H,7-9,11-14,16-17H2/t19?,20-/m0/s1. The summed E-state index contributed by atoms with van der Waals surface area (Å²) in [5, 5.41) is 12.7.